The number of hydrogen-bond acceptors (Lipinski definition) is 2. The first-order valence-electron chi connectivity index (χ1n) is 7.88. The fourth-order valence-electron chi connectivity index (χ4n) is 2.30. The molecule has 2 aromatic heterocycles. The predicted molar refractivity (Wildman–Crippen MR) is 76.8 cm³/mol. The molecule has 0 aliphatic rings. The van der Waals surface area contributed by atoms with E-state index in [4.69, 9.17) is 4.11 Å². The number of fused-ring (bicyclic) bond motifs is 3. The van der Waals surface area contributed by atoms with Crippen molar-refractivity contribution in [1.82, 2.24) is 14.4 Å². The molecule has 4 nitrogen and oxygen atoms in total. The van der Waals surface area contributed by atoms with Crippen LogP contribution >= 0.6 is 0 Å². The quantitative estimate of drug-likeness (QED) is 0.768. The van der Waals surface area contributed by atoms with E-state index in [-0.39, 0.29) is 11.5 Å². The van der Waals surface area contributed by atoms with Crippen molar-refractivity contribution in [3.05, 3.63) is 45.9 Å². The fourth-order valence-corrected chi connectivity index (χ4v) is 2.30. The lowest BCUT2D eigenvalue weighted by molar-refractivity contribution is 0.697. The van der Waals surface area contributed by atoms with E-state index in [9.17, 15) is 4.79 Å². The van der Waals surface area contributed by atoms with Crippen LogP contribution in [-0.2, 0) is 0 Å². The van der Waals surface area contributed by atoms with Gasteiger partial charge in [0, 0.05) is 15.4 Å². The topological polar surface area (TPSA) is 50.2 Å². The summed E-state index contributed by atoms with van der Waals surface area (Å²) >= 11 is 0. The van der Waals surface area contributed by atoms with E-state index in [0.717, 1.165) is 6.42 Å². The number of aromatic nitrogens is 3. The highest BCUT2D eigenvalue weighted by molar-refractivity contribution is 5.79. The highest BCUT2D eigenvalue weighted by atomic mass is 16.1. The molecule has 19 heavy (non-hydrogen) atoms. The van der Waals surface area contributed by atoms with Gasteiger partial charge in [0.2, 0.25) is 5.78 Å². The van der Waals surface area contributed by atoms with Crippen molar-refractivity contribution in [2.75, 3.05) is 0 Å². The van der Waals surface area contributed by atoms with Crippen molar-refractivity contribution in [1.29, 1.82) is 0 Å². The lowest BCUT2D eigenvalue weighted by atomic mass is 10.0. The molecular formula is C15H17N3O. The third-order valence-electron chi connectivity index (χ3n) is 3.60. The normalized spacial score (nSPS) is 16.2. The second-order valence-electron chi connectivity index (χ2n) is 4.79. The Kier molecular flexibility index (Phi) is 1.98. The van der Waals surface area contributed by atoms with Gasteiger partial charge in [0.05, 0.1) is 11.0 Å². The van der Waals surface area contributed by atoms with Crippen LogP contribution in [0.3, 0.4) is 0 Å². The van der Waals surface area contributed by atoms with Crippen molar-refractivity contribution in [3.8, 4) is 0 Å². The van der Waals surface area contributed by atoms with Crippen molar-refractivity contribution in [2.45, 2.75) is 33.0 Å². The Morgan fingerprint density at radius 3 is 3.00 bits per heavy atom. The van der Waals surface area contributed by atoms with Crippen LogP contribution in [0.15, 0.2) is 29.1 Å². The number of rotatable bonds is 2. The maximum absolute atomic E-state index is 12.8. The summed E-state index contributed by atoms with van der Waals surface area (Å²) in [5.41, 5.74) is 1.07. The van der Waals surface area contributed by atoms with Crippen LogP contribution in [0.4, 0.5) is 0 Å². The molecule has 0 spiro atoms. The minimum absolute atomic E-state index is 0.0621. The molecule has 1 aromatic carbocycles. The first kappa shape index (κ1) is 8.91. The maximum atomic E-state index is 12.8. The van der Waals surface area contributed by atoms with Crippen LogP contribution < -0.4 is 5.56 Å². The first-order valence-corrected chi connectivity index (χ1v) is 6.38. The SMILES string of the molecule is [2H]C([2H])([2H])c1c([C@@H](C)CC)[nH]c2nc3ccccc3n2c1=O. The Hall–Kier alpha value is -2.10. The Balaban J connectivity index is 2.51. The number of benzene rings is 1. The van der Waals surface area contributed by atoms with E-state index in [1.54, 1.807) is 18.2 Å². The van der Waals surface area contributed by atoms with E-state index >= 15 is 0 Å². The monoisotopic (exact) mass is 258 g/mol. The van der Waals surface area contributed by atoms with Gasteiger partial charge in [0.15, 0.2) is 0 Å². The molecular weight excluding hydrogens is 238 g/mol. The number of nitrogens with one attached hydrogen (secondary N) is 1. The second-order valence-corrected chi connectivity index (χ2v) is 4.79. The van der Waals surface area contributed by atoms with Gasteiger partial charge >= 0.3 is 0 Å². The molecule has 0 saturated carbocycles. The van der Waals surface area contributed by atoms with E-state index in [2.05, 4.69) is 9.97 Å². The molecule has 98 valence electrons. The molecule has 3 rings (SSSR count). The lowest BCUT2D eigenvalue weighted by Crippen LogP contribution is -2.20. The zero-order valence-corrected chi connectivity index (χ0v) is 10.9. The minimum atomic E-state index is -2.47. The van der Waals surface area contributed by atoms with Crippen LogP contribution in [0.5, 0.6) is 0 Å². The average Bonchev–Trinajstić information content (AvgIpc) is 2.83. The molecule has 0 saturated heterocycles. The van der Waals surface area contributed by atoms with Gasteiger partial charge in [-0.25, -0.2) is 9.38 Å². The molecule has 0 fully saturated rings. The Morgan fingerprint density at radius 2 is 2.26 bits per heavy atom. The standard InChI is InChI=1S/C15H17N3O/c1-4-9(2)13-10(3)14(19)18-12-8-6-5-7-11(12)16-15(18)17-13/h5-9H,4H2,1-3H3,(H,16,17)/t9-/m0/s1/i3D3. The van der Waals surface area contributed by atoms with Gasteiger partial charge in [-0.05, 0) is 31.3 Å². The highest BCUT2D eigenvalue weighted by Crippen LogP contribution is 2.20. The summed E-state index contributed by atoms with van der Waals surface area (Å²) in [5.74, 6) is 0.322. The van der Waals surface area contributed by atoms with Gasteiger partial charge in [-0.2, -0.15) is 0 Å². The van der Waals surface area contributed by atoms with E-state index in [1.165, 1.54) is 4.40 Å². The molecule has 0 amide bonds. The summed E-state index contributed by atoms with van der Waals surface area (Å²) in [6.07, 6.45) is 0.732. The third-order valence-corrected chi connectivity index (χ3v) is 3.60. The number of imidazole rings is 1. The second kappa shape index (κ2) is 4.23. The van der Waals surface area contributed by atoms with Crippen molar-refractivity contribution in [3.63, 3.8) is 0 Å². The van der Waals surface area contributed by atoms with Crippen LogP contribution in [0.2, 0.25) is 0 Å². The number of hydrogen-bond donors (Lipinski definition) is 1. The molecule has 1 N–H and O–H groups in total. The lowest BCUT2D eigenvalue weighted by Gasteiger charge is -2.12. The van der Waals surface area contributed by atoms with Crippen LogP contribution in [0.1, 0.15) is 41.6 Å². The average molecular weight is 258 g/mol. The van der Waals surface area contributed by atoms with Crippen LogP contribution in [0.25, 0.3) is 16.8 Å². The number of nitrogens with zero attached hydrogens (tertiary/aromatic N) is 2. The third kappa shape index (κ3) is 1.67. The largest absolute Gasteiger partial charge is 0.328 e. The van der Waals surface area contributed by atoms with Crippen molar-refractivity contribution < 1.29 is 4.11 Å². The molecule has 0 aliphatic heterocycles. The van der Waals surface area contributed by atoms with Gasteiger partial charge < -0.3 is 4.98 Å². The molecule has 1 atom stereocenters. The van der Waals surface area contributed by atoms with Gasteiger partial charge in [-0.1, -0.05) is 26.0 Å². The van der Waals surface area contributed by atoms with E-state index < -0.39 is 12.4 Å². The molecule has 0 aliphatic carbocycles. The first-order chi connectivity index (χ1) is 10.3. The fraction of sp³-hybridized carbons (Fsp3) is 0.333. The van der Waals surface area contributed by atoms with Crippen molar-refractivity contribution in [2.24, 2.45) is 0 Å². The van der Waals surface area contributed by atoms with Crippen molar-refractivity contribution >= 4 is 16.8 Å². The van der Waals surface area contributed by atoms with E-state index in [1.807, 2.05) is 19.9 Å². The molecule has 2 heterocycles. The van der Waals surface area contributed by atoms with Gasteiger partial charge in [0.25, 0.3) is 5.56 Å². The predicted octanol–water partition coefficient (Wildman–Crippen LogP) is 3.00. The van der Waals surface area contributed by atoms with Gasteiger partial charge in [0.1, 0.15) is 0 Å². The zero-order valence-electron chi connectivity index (χ0n) is 13.9. The van der Waals surface area contributed by atoms with Crippen LogP contribution in [0, 0.1) is 6.85 Å². The Labute approximate surface area is 115 Å². The van der Waals surface area contributed by atoms with Gasteiger partial charge in [-0.3, -0.25) is 4.79 Å². The smallest absolute Gasteiger partial charge is 0.262 e. The van der Waals surface area contributed by atoms with E-state index in [0.29, 0.717) is 22.5 Å². The molecule has 0 unspecified atom stereocenters. The summed E-state index contributed by atoms with van der Waals surface area (Å²) in [4.78, 5) is 20.3. The van der Waals surface area contributed by atoms with Crippen LogP contribution in [-0.4, -0.2) is 14.4 Å². The summed E-state index contributed by atoms with van der Waals surface area (Å²) in [7, 11) is 0. The summed E-state index contributed by atoms with van der Waals surface area (Å²) in [6, 6.07) is 7.19. The summed E-state index contributed by atoms with van der Waals surface area (Å²) < 4.78 is 24.6. The molecule has 4 heteroatoms. The summed E-state index contributed by atoms with van der Waals surface area (Å²) in [6.45, 7) is 1.39. The number of aromatic amines is 1. The summed E-state index contributed by atoms with van der Waals surface area (Å²) in [5, 5.41) is 0. The highest BCUT2D eigenvalue weighted by Gasteiger charge is 2.15. The molecule has 0 radical (unpaired) electrons. The Bertz CT molecular complexity index is 908. The van der Waals surface area contributed by atoms with Gasteiger partial charge in [-0.15, -0.1) is 0 Å². The minimum Gasteiger partial charge on any atom is -0.328 e. The zero-order chi connectivity index (χ0) is 16.1. The Morgan fingerprint density at radius 1 is 1.47 bits per heavy atom. The number of para-hydroxylation sites is 2. The molecule has 0 bridgehead atoms. The maximum Gasteiger partial charge on any atom is 0.262 e. The molecule has 3 aromatic rings. The number of H-pyrrole nitrogens is 1.